The molecule has 0 fully saturated rings. The summed E-state index contributed by atoms with van der Waals surface area (Å²) in [4.78, 5) is 152. The number of hydrogen-bond donors (Lipinski definition) is 17. The van der Waals surface area contributed by atoms with E-state index in [0.717, 1.165) is 0 Å². The molecule has 0 aliphatic carbocycles. The minimum atomic E-state index is -1.94. The molecule has 1 aromatic carbocycles. The van der Waals surface area contributed by atoms with E-state index in [1.807, 2.05) is 16.0 Å². The molecule has 0 aliphatic rings. The molecule has 0 aromatic heterocycles. The lowest BCUT2D eigenvalue weighted by Crippen LogP contribution is -2.59. The van der Waals surface area contributed by atoms with Crippen LogP contribution in [0.1, 0.15) is 57.9 Å². The van der Waals surface area contributed by atoms with E-state index in [2.05, 4.69) is 39.2 Å². The summed E-state index contributed by atoms with van der Waals surface area (Å²) in [5, 5.41) is 73.8. The number of carboxylic acids is 3. The summed E-state index contributed by atoms with van der Waals surface area (Å²) in [5.74, 6) is -15.0. The number of aliphatic carboxylic acids is 3. The molecular weight excluding hydrogens is 941 g/mol. The first-order valence-corrected chi connectivity index (χ1v) is 21.6. The number of aromatic hydroxyl groups is 1. The summed E-state index contributed by atoms with van der Waals surface area (Å²) in [5.41, 5.74) is 11.5. The molecule has 0 heterocycles. The van der Waals surface area contributed by atoms with Crippen LogP contribution in [0.5, 0.6) is 5.75 Å². The molecule has 0 saturated heterocycles. The first kappa shape index (κ1) is 59.9. The van der Waals surface area contributed by atoms with E-state index in [0.29, 0.717) is 5.56 Å². The lowest BCUT2D eigenvalue weighted by atomic mass is 10.0. The van der Waals surface area contributed by atoms with Gasteiger partial charge in [-0.2, -0.15) is 12.6 Å². The Morgan fingerprint density at radius 3 is 1.52 bits per heavy atom. The zero-order valence-corrected chi connectivity index (χ0v) is 38.4. The van der Waals surface area contributed by atoms with E-state index >= 15 is 0 Å². The third-order valence-electron chi connectivity index (χ3n) is 9.54. The van der Waals surface area contributed by atoms with Gasteiger partial charge in [-0.3, -0.25) is 52.7 Å². The molecule has 384 valence electrons. The number of phenolic OH excluding ortho intramolecular Hbond substituents is 1. The monoisotopic (exact) mass is 1000 g/mol. The smallest absolute Gasteiger partial charge is 0.328 e. The van der Waals surface area contributed by atoms with Crippen molar-refractivity contribution in [3.05, 3.63) is 29.8 Å². The fourth-order valence-corrected chi connectivity index (χ4v) is 6.06. The van der Waals surface area contributed by atoms with Crippen LogP contribution in [0.2, 0.25) is 0 Å². The predicted molar refractivity (Wildman–Crippen MR) is 239 cm³/mol. The molecule has 0 bridgehead atoms. The number of primary amides is 1. The average molecular weight is 1000 g/mol. The molecule has 69 heavy (non-hydrogen) atoms. The Bertz CT molecular complexity index is 2010. The SMILES string of the molecule is CC(C)C[C@H](NC(=O)[C@H](CCC(N)=O)NC(=O)[C@H](CCC(=O)O)NC(=O)[C@H](Cc1ccc(O)cc1)NC(=O)[C@@H](N)CS)C(=O)NCC(=O)N[C@@H](CC(=O)O)C(=O)N[C@@H](CO)C(=O)N[C@@H](CO)C(=O)O. The van der Waals surface area contributed by atoms with Crippen LogP contribution in [0, 0.1) is 5.92 Å². The molecule has 8 atom stereocenters. The number of rotatable bonds is 32. The first-order valence-electron chi connectivity index (χ1n) is 21.0. The number of carboxylic acid groups (broad SMARTS) is 3. The molecule has 28 nitrogen and oxygen atoms in total. The number of phenols is 1. The van der Waals surface area contributed by atoms with Gasteiger partial charge in [0.1, 0.15) is 48.0 Å². The van der Waals surface area contributed by atoms with E-state index in [4.69, 9.17) is 21.7 Å². The van der Waals surface area contributed by atoms with Crippen molar-refractivity contribution in [2.45, 2.75) is 107 Å². The van der Waals surface area contributed by atoms with Crippen LogP contribution in [-0.4, -0.2) is 176 Å². The fraction of sp³-hybridized carbons (Fsp3) is 0.550. The Hall–Kier alpha value is -7.11. The van der Waals surface area contributed by atoms with Crippen LogP contribution in [0.25, 0.3) is 0 Å². The van der Waals surface area contributed by atoms with Crippen molar-refractivity contribution in [2.24, 2.45) is 17.4 Å². The van der Waals surface area contributed by atoms with Gasteiger partial charge >= 0.3 is 17.9 Å². The molecule has 0 spiro atoms. The number of amides is 9. The minimum Gasteiger partial charge on any atom is -0.508 e. The third kappa shape index (κ3) is 23.0. The van der Waals surface area contributed by atoms with Crippen molar-refractivity contribution in [2.75, 3.05) is 25.5 Å². The highest BCUT2D eigenvalue weighted by atomic mass is 32.1. The normalized spacial score (nSPS) is 14.4. The molecule has 0 radical (unpaired) electrons. The van der Waals surface area contributed by atoms with Gasteiger partial charge in [-0.1, -0.05) is 26.0 Å². The largest absolute Gasteiger partial charge is 0.508 e. The van der Waals surface area contributed by atoms with Gasteiger partial charge in [0.05, 0.1) is 32.2 Å². The highest BCUT2D eigenvalue weighted by Gasteiger charge is 2.34. The second kappa shape index (κ2) is 30.3. The van der Waals surface area contributed by atoms with Gasteiger partial charge in [0, 0.05) is 25.0 Å². The Balaban J connectivity index is 3.31. The summed E-state index contributed by atoms with van der Waals surface area (Å²) in [6, 6.07) is -7.58. The number of hydrogen-bond acceptors (Lipinski definition) is 17. The van der Waals surface area contributed by atoms with E-state index in [-0.39, 0.29) is 30.3 Å². The Labute approximate surface area is 399 Å². The van der Waals surface area contributed by atoms with Crippen molar-refractivity contribution >= 4 is 83.7 Å². The van der Waals surface area contributed by atoms with Gasteiger partial charge in [-0.15, -0.1) is 0 Å². The molecule has 0 unspecified atom stereocenters. The van der Waals surface area contributed by atoms with E-state index in [9.17, 15) is 78.0 Å². The zero-order chi connectivity index (χ0) is 52.5. The van der Waals surface area contributed by atoms with Crippen molar-refractivity contribution in [3.63, 3.8) is 0 Å². The van der Waals surface area contributed by atoms with Gasteiger partial charge < -0.3 is 84.6 Å². The quantitative estimate of drug-likeness (QED) is 0.0298. The average Bonchev–Trinajstić information content (AvgIpc) is 3.27. The Kier molecular flexibility index (Phi) is 26.3. The number of thiol groups is 1. The zero-order valence-electron chi connectivity index (χ0n) is 37.5. The standard InChI is InChI=1S/C40H60N10O18S/c1-18(2)11-24(34(61)43-14-30(55)44-26(13-32(58)59)38(65)49-27(15-51)39(66)50-28(16-52)40(67)68)48-36(63)22(7-9-29(42)54)45-35(62)23(8-10-31(56)57)46-37(64)25(47-33(60)21(41)17-69)12-19-3-5-20(53)6-4-19/h3-6,18,21-28,51-53,69H,7-17,41H2,1-2H3,(H2,42,54)(H,43,61)(H,44,55)(H,45,62)(H,46,64)(H,47,60)(H,48,63)(H,49,65)(H,50,66)(H,56,57)(H,58,59)(H,67,68)/t21-,22-,23-,24-,25-,26-,27-,28-/m0/s1. The molecule has 0 aliphatic heterocycles. The third-order valence-corrected chi connectivity index (χ3v) is 9.93. The molecule has 18 N–H and O–H groups in total. The van der Waals surface area contributed by atoms with Crippen LogP contribution in [0.3, 0.4) is 0 Å². The number of nitrogens with two attached hydrogens (primary N) is 2. The van der Waals surface area contributed by atoms with Crippen LogP contribution in [0.4, 0.5) is 0 Å². The number of aliphatic hydroxyl groups excluding tert-OH is 2. The second-order valence-electron chi connectivity index (χ2n) is 15.7. The van der Waals surface area contributed by atoms with E-state index in [1.54, 1.807) is 13.8 Å². The maximum atomic E-state index is 13.8. The molecule has 9 amide bonds. The van der Waals surface area contributed by atoms with Gasteiger partial charge in [0.25, 0.3) is 0 Å². The van der Waals surface area contributed by atoms with Crippen molar-refractivity contribution < 1.29 is 88.2 Å². The maximum absolute atomic E-state index is 13.8. The Morgan fingerprint density at radius 1 is 0.580 bits per heavy atom. The molecular formula is C40H60N10O18S. The number of benzene rings is 1. The summed E-state index contributed by atoms with van der Waals surface area (Å²) in [6.07, 6.45) is -3.67. The lowest BCUT2D eigenvalue weighted by molar-refractivity contribution is -0.144. The highest BCUT2D eigenvalue weighted by molar-refractivity contribution is 7.80. The van der Waals surface area contributed by atoms with Gasteiger partial charge in [-0.05, 0) is 42.9 Å². The van der Waals surface area contributed by atoms with Crippen LogP contribution in [-0.2, 0) is 64.0 Å². The summed E-state index contributed by atoms with van der Waals surface area (Å²) < 4.78 is 0. The maximum Gasteiger partial charge on any atom is 0.328 e. The number of carbonyl (C=O) groups excluding carboxylic acids is 9. The lowest BCUT2D eigenvalue weighted by Gasteiger charge is -2.27. The van der Waals surface area contributed by atoms with Crippen LogP contribution < -0.4 is 54.0 Å². The summed E-state index contributed by atoms with van der Waals surface area (Å²) >= 11 is 3.98. The Morgan fingerprint density at radius 2 is 1.04 bits per heavy atom. The first-order chi connectivity index (χ1) is 32.3. The van der Waals surface area contributed by atoms with Crippen molar-refractivity contribution in [1.29, 1.82) is 0 Å². The fourth-order valence-electron chi connectivity index (χ4n) is 5.89. The second-order valence-corrected chi connectivity index (χ2v) is 16.1. The number of carbonyl (C=O) groups is 12. The van der Waals surface area contributed by atoms with Gasteiger partial charge in [-0.25, -0.2) is 4.79 Å². The number of aliphatic hydroxyl groups is 2. The van der Waals surface area contributed by atoms with Gasteiger partial charge in [0.15, 0.2) is 0 Å². The molecule has 1 aromatic rings. The molecule has 0 saturated carbocycles. The van der Waals surface area contributed by atoms with Gasteiger partial charge in [0.2, 0.25) is 53.2 Å². The topological polar surface area (TPSA) is 474 Å². The highest BCUT2D eigenvalue weighted by Crippen LogP contribution is 2.13. The minimum absolute atomic E-state index is 0.102. The van der Waals surface area contributed by atoms with Crippen molar-refractivity contribution in [3.8, 4) is 5.75 Å². The summed E-state index contributed by atoms with van der Waals surface area (Å²) in [7, 11) is 0. The summed E-state index contributed by atoms with van der Waals surface area (Å²) in [6.45, 7) is 0.145. The molecule has 29 heteroatoms. The molecule has 1 rings (SSSR count). The van der Waals surface area contributed by atoms with E-state index in [1.165, 1.54) is 24.3 Å². The van der Waals surface area contributed by atoms with Crippen LogP contribution >= 0.6 is 12.6 Å². The predicted octanol–water partition coefficient (Wildman–Crippen LogP) is -6.58. The number of nitrogens with one attached hydrogen (secondary N) is 8. The van der Waals surface area contributed by atoms with Crippen LogP contribution in [0.15, 0.2) is 24.3 Å². The van der Waals surface area contributed by atoms with Crippen molar-refractivity contribution in [1.82, 2.24) is 42.5 Å². The van der Waals surface area contributed by atoms with E-state index < -0.39 is 171 Å².